The molecule has 0 aromatic heterocycles. The smallest absolute Gasteiger partial charge is 0.0241 e. The van der Waals surface area contributed by atoms with Crippen LogP contribution in [0.5, 0.6) is 0 Å². The zero-order chi connectivity index (χ0) is 8.06. The van der Waals surface area contributed by atoms with E-state index in [1.807, 2.05) is 0 Å². The van der Waals surface area contributed by atoms with E-state index in [0.717, 1.165) is 12.1 Å². The molecular weight excluding hydrogens is 136 g/mol. The van der Waals surface area contributed by atoms with Crippen LogP contribution in [-0.4, -0.2) is 35.6 Å². The summed E-state index contributed by atoms with van der Waals surface area (Å²) < 4.78 is 0. The lowest BCUT2D eigenvalue weighted by Gasteiger charge is -2.38. The minimum atomic E-state index is 0.377. The van der Waals surface area contributed by atoms with Gasteiger partial charge in [-0.05, 0) is 27.2 Å². The van der Waals surface area contributed by atoms with E-state index in [1.54, 1.807) is 0 Å². The molecule has 0 spiro atoms. The van der Waals surface area contributed by atoms with Crippen molar-refractivity contribution in [2.45, 2.75) is 44.8 Å². The van der Waals surface area contributed by atoms with E-state index in [1.165, 1.54) is 19.5 Å². The summed E-state index contributed by atoms with van der Waals surface area (Å²) in [5.41, 5.74) is 0.377. The molecule has 2 nitrogen and oxygen atoms in total. The molecule has 1 unspecified atom stereocenters. The second kappa shape index (κ2) is 2.20. The number of hydrogen-bond donors (Lipinski definition) is 1. The zero-order valence-electron chi connectivity index (χ0n) is 7.72. The maximum atomic E-state index is 3.52. The Kier molecular flexibility index (Phi) is 1.52. The number of nitrogens with zero attached hydrogens (tertiary/aromatic N) is 1. The van der Waals surface area contributed by atoms with Gasteiger partial charge in [-0.3, -0.25) is 4.90 Å². The van der Waals surface area contributed by atoms with Crippen LogP contribution in [0.1, 0.15) is 27.2 Å². The standard InChI is InChI=1S/C9H18N2/c1-9(2,3)11-6-7-4-8(11)5-10-7/h7-8,10H,4-6H2,1-3H3/t7?,8-/m0/s1. The molecule has 2 bridgehead atoms. The fraction of sp³-hybridized carbons (Fsp3) is 1.00. The van der Waals surface area contributed by atoms with Crippen LogP contribution in [0.25, 0.3) is 0 Å². The van der Waals surface area contributed by atoms with Crippen LogP contribution in [0.15, 0.2) is 0 Å². The number of likely N-dealkylation sites (tertiary alicyclic amines) is 1. The van der Waals surface area contributed by atoms with Crippen LogP contribution in [0.2, 0.25) is 0 Å². The molecule has 2 aliphatic heterocycles. The third-order valence-electron chi connectivity index (χ3n) is 2.92. The number of hydrogen-bond acceptors (Lipinski definition) is 2. The molecular formula is C9H18N2. The Bertz CT molecular complexity index is 159. The summed E-state index contributed by atoms with van der Waals surface area (Å²) in [7, 11) is 0. The van der Waals surface area contributed by atoms with Gasteiger partial charge >= 0.3 is 0 Å². The van der Waals surface area contributed by atoms with Crippen LogP contribution in [0.3, 0.4) is 0 Å². The third kappa shape index (κ3) is 1.18. The van der Waals surface area contributed by atoms with Crippen molar-refractivity contribution in [1.29, 1.82) is 0 Å². The molecule has 0 radical (unpaired) electrons. The molecule has 2 fully saturated rings. The largest absolute Gasteiger partial charge is 0.311 e. The Morgan fingerprint density at radius 3 is 2.36 bits per heavy atom. The average molecular weight is 154 g/mol. The van der Waals surface area contributed by atoms with Crippen molar-refractivity contribution in [2.24, 2.45) is 0 Å². The molecule has 2 atom stereocenters. The second-order valence-electron chi connectivity index (χ2n) is 4.82. The van der Waals surface area contributed by atoms with Crippen LogP contribution in [-0.2, 0) is 0 Å². The monoisotopic (exact) mass is 154 g/mol. The quantitative estimate of drug-likeness (QED) is 0.556. The Morgan fingerprint density at radius 1 is 1.36 bits per heavy atom. The van der Waals surface area contributed by atoms with E-state index in [9.17, 15) is 0 Å². The lowest BCUT2D eigenvalue weighted by molar-refractivity contribution is 0.106. The van der Waals surface area contributed by atoms with Crippen LogP contribution in [0, 0.1) is 0 Å². The normalized spacial score (nSPS) is 38.5. The molecule has 2 aliphatic rings. The SMILES string of the molecule is CC(C)(C)N1CC2C[C@H]1CN2. The molecule has 64 valence electrons. The number of piperazine rings is 1. The van der Waals surface area contributed by atoms with E-state index in [2.05, 4.69) is 31.0 Å². The average Bonchev–Trinajstić information content (AvgIpc) is 2.42. The van der Waals surface area contributed by atoms with Crippen molar-refractivity contribution in [1.82, 2.24) is 10.2 Å². The van der Waals surface area contributed by atoms with Crippen molar-refractivity contribution in [3.8, 4) is 0 Å². The molecule has 0 aliphatic carbocycles. The first kappa shape index (κ1) is 7.56. The van der Waals surface area contributed by atoms with E-state index in [-0.39, 0.29) is 0 Å². The summed E-state index contributed by atoms with van der Waals surface area (Å²) in [4.78, 5) is 2.63. The number of nitrogens with one attached hydrogen (secondary N) is 1. The lowest BCUT2D eigenvalue weighted by Crippen LogP contribution is -2.52. The van der Waals surface area contributed by atoms with Gasteiger partial charge in [-0.25, -0.2) is 0 Å². The Labute approximate surface area is 69.0 Å². The maximum Gasteiger partial charge on any atom is 0.0241 e. The molecule has 0 amide bonds. The minimum Gasteiger partial charge on any atom is -0.311 e. The van der Waals surface area contributed by atoms with Gasteiger partial charge in [-0.2, -0.15) is 0 Å². The van der Waals surface area contributed by atoms with Crippen molar-refractivity contribution < 1.29 is 0 Å². The zero-order valence-corrected chi connectivity index (χ0v) is 7.72. The van der Waals surface area contributed by atoms with E-state index < -0.39 is 0 Å². The van der Waals surface area contributed by atoms with Gasteiger partial charge < -0.3 is 5.32 Å². The fourth-order valence-electron chi connectivity index (χ4n) is 2.38. The molecule has 0 aromatic carbocycles. The highest BCUT2D eigenvalue weighted by atomic mass is 15.3. The van der Waals surface area contributed by atoms with Gasteiger partial charge in [-0.15, -0.1) is 0 Å². The Hall–Kier alpha value is -0.0800. The van der Waals surface area contributed by atoms with Gasteiger partial charge in [0.2, 0.25) is 0 Å². The second-order valence-corrected chi connectivity index (χ2v) is 4.82. The van der Waals surface area contributed by atoms with Gasteiger partial charge in [0.25, 0.3) is 0 Å². The highest BCUT2D eigenvalue weighted by Crippen LogP contribution is 2.29. The first-order valence-electron chi connectivity index (χ1n) is 4.57. The van der Waals surface area contributed by atoms with Gasteiger partial charge in [0, 0.05) is 30.7 Å². The highest BCUT2D eigenvalue weighted by molar-refractivity contribution is 5.01. The maximum absolute atomic E-state index is 3.52. The molecule has 2 heteroatoms. The van der Waals surface area contributed by atoms with Crippen molar-refractivity contribution in [3.63, 3.8) is 0 Å². The minimum absolute atomic E-state index is 0.377. The summed E-state index contributed by atoms with van der Waals surface area (Å²) in [5, 5.41) is 3.52. The van der Waals surface area contributed by atoms with Crippen molar-refractivity contribution in [3.05, 3.63) is 0 Å². The van der Waals surface area contributed by atoms with Crippen LogP contribution >= 0.6 is 0 Å². The van der Waals surface area contributed by atoms with Gasteiger partial charge in [0.1, 0.15) is 0 Å². The summed E-state index contributed by atoms with van der Waals surface area (Å²) in [6.45, 7) is 9.41. The van der Waals surface area contributed by atoms with Gasteiger partial charge in [-0.1, -0.05) is 0 Å². The topological polar surface area (TPSA) is 15.3 Å². The van der Waals surface area contributed by atoms with Crippen LogP contribution in [0.4, 0.5) is 0 Å². The van der Waals surface area contributed by atoms with Crippen molar-refractivity contribution in [2.75, 3.05) is 13.1 Å². The van der Waals surface area contributed by atoms with Gasteiger partial charge in [0.15, 0.2) is 0 Å². The molecule has 0 saturated carbocycles. The van der Waals surface area contributed by atoms with Crippen molar-refractivity contribution >= 4 is 0 Å². The van der Waals surface area contributed by atoms with E-state index in [0.29, 0.717) is 5.54 Å². The predicted octanol–water partition coefficient (Wildman–Crippen LogP) is 0.831. The third-order valence-corrected chi connectivity index (χ3v) is 2.92. The summed E-state index contributed by atoms with van der Waals surface area (Å²) >= 11 is 0. The first-order valence-corrected chi connectivity index (χ1v) is 4.57. The lowest BCUT2D eigenvalue weighted by atomic mass is 10.0. The Balaban J connectivity index is 2.08. The summed E-state index contributed by atoms with van der Waals surface area (Å²) in [6, 6.07) is 1.61. The van der Waals surface area contributed by atoms with E-state index >= 15 is 0 Å². The molecule has 2 saturated heterocycles. The highest BCUT2D eigenvalue weighted by Gasteiger charge is 2.41. The Morgan fingerprint density at radius 2 is 2.09 bits per heavy atom. The van der Waals surface area contributed by atoms with E-state index in [4.69, 9.17) is 0 Å². The molecule has 0 aromatic rings. The van der Waals surface area contributed by atoms with Gasteiger partial charge in [0.05, 0.1) is 0 Å². The number of fused-ring (bicyclic) bond motifs is 2. The fourth-order valence-corrected chi connectivity index (χ4v) is 2.38. The summed E-state index contributed by atoms with van der Waals surface area (Å²) in [5.74, 6) is 0. The van der Waals surface area contributed by atoms with Crippen LogP contribution < -0.4 is 5.32 Å². The molecule has 11 heavy (non-hydrogen) atoms. The molecule has 1 N–H and O–H groups in total. The molecule has 2 rings (SSSR count). The summed E-state index contributed by atoms with van der Waals surface area (Å²) in [6.07, 6.45) is 1.37. The predicted molar refractivity (Wildman–Crippen MR) is 46.7 cm³/mol. The number of rotatable bonds is 0. The molecule has 2 heterocycles. The first-order chi connectivity index (χ1) is 5.07.